The predicted molar refractivity (Wildman–Crippen MR) is 53.0 cm³/mol. The first-order valence-electron chi connectivity index (χ1n) is 3.83. The zero-order valence-electron chi connectivity index (χ0n) is 7.00. The van der Waals surface area contributed by atoms with E-state index in [4.69, 9.17) is 0 Å². The lowest BCUT2D eigenvalue weighted by atomic mass is 10.4. The van der Waals surface area contributed by atoms with Crippen LogP contribution >= 0.6 is 12.4 Å². The third-order valence-electron chi connectivity index (χ3n) is 1.68. The Balaban J connectivity index is 0.000000845. The van der Waals surface area contributed by atoms with Gasteiger partial charge < -0.3 is 0 Å². The van der Waals surface area contributed by atoms with Gasteiger partial charge in [0, 0.05) is 36.7 Å². The molecule has 0 unspecified atom stereocenters. The summed E-state index contributed by atoms with van der Waals surface area (Å²) in [6, 6.07) is 9.94. The molecule has 2 aromatic heterocycles. The molecule has 0 saturated heterocycles. The fourth-order valence-corrected chi connectivity index (χ4v) is 1.09. The van der Waals surface area contributed by atoms with E-state index in [-0.39, 0.29) is 12.4 Å². The largest absolute Gasteiger partial charge is 0.264 e. The van der Waals surface area contributed by atoms with Gasteiger partial charge in [0.1, 0.15) is 0 Å². The Kier molecular flexibility index (Phi) is 3.41. The zero-order valence-corrected chi connectivity index (χ0v) is 7.82. The number of nitrogens with zero attached hydrogens (tertiary/aromatic N) is 2. The van der Waals surface area contributed by atoms with Crippen LogP contribution in [0, 0.1) is 0 Å². The Hall–Kier alpha value is -1.41. The van der Waals surface area contributed by atoms with Crippen LogP contribution in [0.5, 0.6) is 0 Å². The van der Waals surface area contributed by atoms with E-state index in [1.807, 2.05) is 47.3 Å². The molecule has 0 spiro atoms. The topological polar surface area (TPSA) is 16.8 Å². The van der Waals surface area contributed by atoms with E-state index in [9.17, 15) is 0 Å². The van der Waals surface area contributed by atoms with Gasteiger partial charge in [-0.1, -0.05) is 6.07 Å². The highest BCUT2D eigenvalue weighted by Gasteiger charge is 2.00. The third kappa shape index (κ3) is 2.26. The number of halogens is 1. The summed E-state index contributed by atoms with van der Waals surface area (Å²) in [5.41, 5.74) is 1.13. The van der Waals surface area contributed by atoms with Gasteiger partial charge in [-0.3, -0.25) is 4.98 Å². The second-order valence-corrected chi connectivity index (χ2v) is 2.49. The molecule has 0 aliphatic rings. The van der Waals surface area contributed by atoms with E-state index in [1.54, 1.807) is 12.4 Å². The second-order valence-electron chi connectivity index (χ2n) is 2.49. The van der Waals surface area contributed by atoms with Gasteiger partial charge in [0.15, 0.2) is 12.4 Å². The summed E-state index contributed by atoms with van der Waals surface area (Å²) in [5, 5.41) is 0. The van der Waals surface area contributed by atoms with Crippen molar-refractivity contribution in [3.63, 3.8) is 0 Å². The van der Waals surface area contributed by atoms with Crippen LogP contribution in [0.4, 0.5) is 0 Å². The lowest BCUT2D eigenvalue weighted by molar-refractivity contribution is -0.595. The molecule has 0 aliphatic heterocycles. The van der Waals surface area contributed by atoms with Crippen molar-refractivity contribution >= 4 is 12.4 Å². The van der Waals surface area contributed by atoms with Gasteiger partial charge in [-0.15, -0.1) is 12.4 Å². The van der Waals surface area contributed by atoms with Crippen molar-refractivity contribution in [3.8, 4) is 5.69 Å². The van der Waals surface area contributed by atoms with Crippen LogP contribution in [-0.4, -0.2) is 4.98 Å². The highest BCUT2D eigenvalue weighted by molar-refractivity contribution is 5.85. The van der Waals surface area contributed by atoms with Gasteiger partial charge >= 0.3 is 0 Å². The van der Waals surface area contributed by atoms with E-state index in [1.165, 1.54) is 0 Å². The molecule has 0 fully saturated rings. The lowest BCUT2D eigenvalue weighted by Crippen LogP contribution is -2.28. The Labute approximate surface area is 83.3 Å². The Morgan fingerprint density at radius 2 is 1.54 bits per heavy atom. The van der Waals surface area contributed by atoms with Crippen molar-refractivity contribution < 1.29 is 4.57 Å². The van der Waals surface area contributed by atoms with E-state index >= 15 is 0 Å². The summed E-state index contributed by atoms with van der Waals surface area (Å²) < 4.78 is 2.04. The Morgan fingerprint density at radius 1 is 0.923 bits per heavy atom. The Morgan fingerprint density at radius 3 is 2.15 bits per heavy atom. The van der Waals surface area contributed by atoms with Gasteiger partial charge in [0.05, 0.1) is 0 Å². The van der Waals surface area contributed by atoms with Crippen LogP contribution in [0.15, 0.2) is 55.1 Å². The molecule has 66 valence electrons. The summed E-state index contributed by atoms with van der Waals surface area (Å²) in [6.45, 7) is 0. The molecule has 3 heteroatoms. The van der Waals surface area contributed by atoms with E-state index in [2.05, 4.69) is 4.98 Å². The molecular weight excluding hydrogens is 184 g/mol. The average molecular weight is 194 g/mol. The Bertz CT molecular complexity index is 310. The molecule has 0 atom stereocenters. The molecule has 0 aromatic carbocycles. The van der Waals surface area contributed by atoms with Crippen LogP contribution < -0.4 is 4.57 Å². The van der Waals surface area contributed by atoms with E-state index < -0.39 is 0 Å². The summed E-state index contributed by atoms with van der Waals surface area (Å²) >= 11 is 0. The molecule has 2 heterocycles. The number of hydrogen-bond donors (Lipinski definition) is 0. The molecule has 2 rings (SSSR count). The highest BCUT2D eigenvalue weighted by Crippen LogP contribution is 1.93. The minimum atomic E-state index is 0. The molecule has 0 saturated carbocycles. The lowest BCUT2D eigenvalue weighted by Gasteiger charge is -1.91. The monoisotopic (exact) mass is 193 g/mol. The molecular formula is C10H10ClN2+. The van der Waals surface area contributed by atoms with Crippen molar-refractivity contribution in [2.45, 2.75) is 0 Å². The molecule has 13 heavy (non-hydrogen) atoms. The van der Waals surface area contributed by atoms with Crippen LogP contribution in [0.2, 0.25) is 0 Å². The van der Waals surface area contributed by atoms with Gasteiger partial charge in [-0.05, 0) is 0 Å². The SMILES string of the molecule is Cl.c1cc[n+](-c2ccncc2)cc1. The molecule has 0 N–H and O–H groups in total. The maximum atomic E-state index is 3.96. The maximum Gasteiger partial charge on any atom is 0.213 e. The number of aromatic nitrogens is 2. The first-order valence-corrected chi connectivity index (χ1v) is 3.83. The molecule has 2 nitrogen and oxygen atoms in total. The van der Waals surface area contributed by atoms with E-state index in [0.29, 0.717) is 0 Å². The van der Waals surface area contributed by atoms with Crippen molar-refractivity contribution in [2.24, 2.45) is 0 Å². The summed E-state index contributed by atoms with van der Waals surface area (Å²) in [7, 11) is 0. The smallest absolute Gasteiger partial charge is 0.213 e. The number of hydrogen-bond acceptors (Lipinski definition) is 1. The summed E-state index contributed by atoms with van der Waals surface area (Å²) in [6.07, 6.45) is 7.59. The summed E-state index contributed by atoms with van der Waals surface area (Å²) in [4.78, 5) is 3.96. The maximum absolute atomic E-state index is 3.96. The van der Waals surface area contributed by atoms with Crippen LogP contribution in [0.3, 0.4) is 0 Å². The van der Waals surface area contributed by atoms with Crippen molar-refractivity contribution in [3.05, 3.63) is 55.1 Å². The van der Waals surface area contributed by atoms with Gasteiger partial charge in [-0.25, -0.2) is 0 Å². The van der Waals surface area contributed by atoms with Gasteiger partial charge in [0.25, 0.3) is 0 Å². The fraction of sp³-hybridized carbons (Fsp3) is 0. The standard InChI is InChI=1S/C10H9N2.ClH/c1-2-8-12(9-3-1)10-4-6-11-7-5-10;/h1-9H;1H/q+1;. The van der Waals surface area contributed by atoms with E-state index in [0.717, 1.165) is 5.69 Å². The van der Waals surface area contributed by atoms with Crippen molar-refractivity contribution in [2.75, 3.05) is 0 Å². The van der Waals surface area contributed by atoms with Crippen molar-refractivity contribution in [1.29, 1.82) is 0 Å². The molecule has 0 aliphatic carbocycles. The number of rotatable bonds is 1. The minimum Gasteiger partial charge on any atom is -0.264 e. The van der Waals surface area contributed by atoms with Gasteiger partial charge in [-0.2, -0.15) is 4.57 Å². The normalized spacial score (nSPS) is 8.92. The fourth-order valence-electron chi connectivity index (χ4n) is 1.09. The second kappa shape index (κ2) is 4.58. The summed E-state index contributed by atoms with van der Waals surface area (Å²) in [5.74, 6) is 0. The molecule has 0 radical (unpaired) electrons. The van der Waals surface area contributed by atoms with Gasteiger partial charge in [0.2, 0.25) is 5.69 Å². The average Bonchev–Trinajstić information content (AvgIpc) is 2.21. The minimum absolute atomic E-state index is 0. The quantitative estimate of drug-likeness (QED) is 0.631. The molecule has 0 bridgehead atoms. The van der Waals surface area contributed by atoms with Crippen LogP contribution in [0.1, 0.15) is 0 Å². The predicted octanol–water partition coefficient (Wildman–Crippen LogP) is 1.78. The van der Waals surface area contributed by atoms with Crippen LogP contribution in [-0.2, 0) is 0 Å². The third-order valence-corrected chi connectivity index (χ3v) is 1.68. The molecule has 0 amide bonds. The zero-order chi connectivity index (χ0) is 8.23. The first-order chi connectivity index (χ1) is 5.97. The highest BCUT2D eigenvalue weighted by atomic mass is 35.5. The first kappa shape index (κ1) is 9.68. The van der Waals surface area contributed by atoms with Crippen LogP contribution in [0.25, 0.3) is 5.69 Å². The number of pyridine rings is 2. The molecule has 2 aromatic rings. The van der Waals surface area contributed by atoms with Crippen molar-refractivity contribution in [1.82, 2.24) is 4.98 Å².